The maximum Gasteiger partial charge on any atom is 0.415 e. The average Bonchev–Trinajstić information content (AvgIpc) is 2.21. The third-order valence-electron chi connectivity index (χ3n) is 2.34. The van der Waals surface area contributed by atoms with Crippen LogP contribution in [0.5, 0.6) is 0 Å². The quantitative estimate of drug-likeness (QED) is 0.501. The van der Waals surface area contributed by atoms with Gasteiger partial charge in [-0.2, -0.15) is 13.2 Å². The number of carboxylic acid groups (broad SMARTS) is 1. The van der Waals surface area contributed by atoms with Crippen LogP contribution >= 0.6 is 0 Å². The summed E-state index contributed by atoms with van der Waals surface area (Å²) in [7, 11) is 0. The lowest BCUT2D eigenvalue weighted by Gasteiger charge is -2.27. The number of aliphatic carboxylic acids is 1. The number of nitrogens with one attached hydrogen (secondary N) is 1. The Kier molecular flexibility index (Phi) is 5.30. The molecule has 0 aromatic heterocycles. The number of nitrogens with two attached hydrogens (primary N) is 2. The smallest absolute Gasteiger partial charge is 0.415 e. The van der Waals surface area contributed by atoms with E-state index in [1.807, 2.05) is 0 Å². The van der Waals surface area contributed by atoms with Crippen LogP contribution in [-0.2, 0) is 14.4 Å². The van der Waals surface area contributed by atoms with Gasteiger partial charge in [-0.15, -0.1) is 0 Å². The molecule has 7 nitrogen and oxygen atoms in total. The molecule has 6 N–H and O–H groups in total. The van der Waals surface area contributed by atoms with Gasteiger partial charge in [0.15, 0.2) is 5.54 Å². The summed E-state index contributed by atoms with van der Waals surface area (Å²) >= 11 is 0. The molecule has 0 fully saturated rings. The van der Waals surface area contributed by atoms with E-state index in [1.165, 1.54) is 0 Å². The third kappa shape index (κ3) is 4.73. The lowest BCUT2D eigenvalue weighted by atomic mass is 10.0. The molecule has 2 amide bonds. The van der Waals surface area contributed by atoms with Gasteiger partial charge in [-0.05, 0) is 13.3 Å². The fourth-order valence-corrected chi connectivity index (χ4v) is 0.981. The Hall–Kier alpha value is -1.84. The van der Waals surface area contributed by atoms with Gasteiger partial charge >= 0.3 is 12.1 Å². The van der Waals surface area contributed by atoms with Gasteiger partial charge < -0.3 is 21.9 Å². The van der Waals surface area contributed by atoms with Crippen molar-refractivity contribution in [3.63, 3.8) is 0 Å². The number of carbonyl (C=O) groups excluding carboxylic acids is 2. The highest BCUT2D eigenvalue weighted by Gasteiger charge is 2.54. The van der Waals surface area contributed by atoms with E-state index in [2.05, 4.69) is 0 Å². The second kappa shape index (κ2) is 5.87. The topological polar surface area (TPSA) is 136 Å². The summed E-state index contributed by atoms with van der Waals surface area (Å²) in [5.74, 6) is -4.13. The molecule has 0 saturated heterocycles. The Morgan fingerprint density at radius 3 is 2.11 bits per heavy atom. The lowest BCUT2D eigenvalue weighted by Crippen LogP contribution is -2.63. The van der Waals surface area contributed by atoms with Crippen molar-refractivity contribution in [1.29, 1.82) is 0 Å². The Labute approximate surface area is 106 Å². The van der Waals surface area contributed by atoms with Crippen molar-refractivity contribution in [2.45, 2.75) is 37.5 Å². The maximum absolute atomic E-state index is 12.4. The first-order valence-corrected chi connectivity index (χ1v) is 5.07. The number of halogens is 3. The number of hydrogen-bond acceptors (Lipinski definition) is 4. The first-order chi connectivity index (χ1) is 8.39. The molecule has 0 aliphatic carbocycles. The molecule has 0 rings (SSSR count). The molecule has 0 spiro atoms. The number of primary amides is 1. The SMILES string of the molecule is CC(N)(C(=O)NC(CCC(N)=O)C(=O)O)C(F)(F)F. The van der Waals surface area contributed by atoms with Gasteiger partial charge in [0.05, 0.1) is 0 Å². The van der Waals surface area contributed by atoms with Crippen LogP contribution in [0.15, 0.2) is 0 Å². The summed E-state index contributed by atoms with van der Waals surface area (Å²) < 4.78 is 37.3. The van der Waals surface area contributed by atoms with Gasteiger partial charge in [0.1, 0.15) is 6.04 Å². The van der Waals surface area contributed by atoms with Crippen molar-refractivity contribution in [3.8, 4) is 0 Å². The predicted molar refractivity (Wildman–Crippen MR) is 56.6 cm³/mol. The number of hydrogen-bond donors (Lipinski definition) is 4. The van der Waals surface area contributed by atoms with E-state index in [0.717, 1.165) is 0 Å². The van der Waals surface area contributed by atoms with E-state index >= 15 is 0 Å². The minimum Gasteiger partial charge on any atom is -0.480 e. The van der Waals surface area contributed by atoms with Gasteiger partial charge in [0.25, 0.3) is 0 Å². The largest absolute Gasteiger partial charge is 0.480 e. The average molecular weight is 285 g/mol. The Bertz CT molecular complexity index is 381. The highest BCUT2D eigenvalue weighted by Crippen LogP contribution is 2.28. The summed E-state index contributed by atoms with van der Waals surface area (Å²) in [6, 6.07) is -1.68. The monoisotopic (exact) mass is 285 g/mol. The summed E-state index contributed by atoms with van der Waals surface area (Å²) in [5.41, 5.74) is 6.37. The highest BCUT2D eigenvalue weighted by atomic mass is 19.4. The van der Waals surface area contributed by atoms with Crippen molar-refractivity contribution in [1.82, 2.24) is 5.32 Å². The second-order valence-corrected chi connectivity index (χ2v) is 4.07. The molecule has 10 heteroatoms. The number of amides is 2. The van der Waals surface area contributed by atoms with Crippen LogP contribution in [0.1, 0.15) is 19.8 Å². The van der Waals surface area contributed by atoms with Crippen LogP contribution in [0.4, 0.5) is 13.2 Å². The summed E-state index contributed by atoms with van der Waals surface area (Å²) in [6.45, 7) is 0.412. The summed E-state index contributed by atoms with van der Waals surface area (Å²) in [6.07, 6.45) is -5.86. The van der Waals surface area contributed by atoms with Crippen molar-refractivity contribution in [3.05, 3.63) is 0 Å². The van der Waals surface area contributed by atoms with Crippen molar-refractivity contribution >= 4 is 17.8 Å². The van der Waals surface area contributed by atoms with E-state index in [-0.39, 0.29) is 0 Å². The van der Waals surface area contributed by atoms with Crippen LogP contribution in [0.25, 0.3) is 0 Å². The Morgan fingerprint density at radius 2 is 1.79 bits per heavy atom. The van der Waals surface area contributed by atoms with Gasteiger partial charge in [-0.25, -0.2) is 4.79 Å². The molecule has 0 heterocycles. The molecule has 0 aromatic carbocycles. The molecule has 0 bridgehead atoms. The molecule has 0 aromatic rings. The number of rotatable bonds is 6. The van der Waals surface area contributed by atoms with E-state index in [1.54, 1.807) is 5.32 Å². The molecule has 19 heavy (non-hydrogen) atoms. The van der Waals surface area contributed by atoms with Crippen LogP contribution in [0, 0.1) is 0 Å². The maximum atomic E-state index is 12.4. The molecular formula is C9H14F3N3O4. The normalized spacial score (nSPS) is 16.3. The zero-order valence-electron chi connectivity index (χ0n) is 9.95. The van der Waals surface area contributed by atoms with Gasteiger partial charge in [-0.1, -0.05) is 0 Å². The van der Waals surface area contributed by atoms with E-state index in [4.69, 9.17) is 16.6 Å². The molecule has 0 aliphatic rings. The van der Waals surface area contributed by atoms with Crippen LogP contribution < -0.4 is 16.8 Å². The fraction of sp³-hybridized carbons (Fsp3) is 0.667. The summed E-state index contributed by atoms with van der Waals surface area (Å²) in [4.78, 5) is 32.6. The number of carbonyl (C=O) groups is 3. The van der Waals surface area contributed by atoms with Crippen molar-refractivity contribution in [2.24, 2.45) is 11.5 Å². The van der Waals surface area contributed by atoms with Crippen molar-refractivity contribution < 1.29 is 32.7 Å². The lowest BCUT2D eigenvalue weighted by molar-refractivity contribution is -0.188. The Balaban J connectivity index is 4.82. The van der Waals surface area contributed by atoms with Crippen LogP contribution in [0.3, 0.4) is 0 Å². The minimum atomic E-state index is -5.04. The van der Waals surface area contributed by atoms with E-state index in [0.29, 0.717) is 6.92 Å². The molecule has 0 saturated carbocycles. The molecule has 0 aliphatic heterocycles. The molecule has 0 radical (unpaired) electrons. The van der Waals surface area contributed by atoms with Gasteiger partial charge in [0.2, 0.25) is 11.8 Å². The van der Waals surface area contributed by atoms with Crippen LogP contribution in [-0.4, -0.2) is 40.6 Å². The summed E-state index contributed by atoms with van der Waals surface area (Å²) in [5, 5.41) is 10.3. The highest BCUT2D eigenvalue weighted by molar-refractivity contribution is 5.90. The minimum absolute atomic E-state index is 0.398. The van der Waals surface area contributed by atoms with E-state index in [9.17, 15) is 27.6 Å². The first kappa shape index (κ1) is 17.2. The molecule has 2 atom stereocenters. The predicted octanol–water partition coefficient (Wildman–Crippen LogP) is -0.899. The second-order valence-electron chi connectivity index (χ2n) is 4.07. The number of carboxylic acids is 1. The fourth-order valence-electron chi connectivity index (χ4n) is 0.981. The standard InChI is InChI=1S/C9H14F3N3O4/c1-8(14,9(10,11)12)7(19)15-4(6(17)18)2-3-5(13)16/h4H,2-3,14H2,1H3,(H2,13,16)(H,15,19)(H,17,18). The Morgan fingerprint density at radius 1 is 1.32 bits per heavy atom. The van der Waals surface area contributed by atoms with Crippen LogP contribution in [0.2, 0.25) is 0 Å². The number of alkyl halides is 3. The van der Waals surface area contributed by atoms with Gasteiger partial charge in [-0.3, -0.25) is 9.59 Å². The van der Waals surface area contributed by atoms with Crippen molar-refractivity contribution in [2.75, 3.05) is 0 Å². The van der Waals surface area contributed by atoms with E-state index < -0.39 is 48.4 Å². The molecule has 2 unspecified atom stereocenters. The molecular weight excluding hydrogens is 271 g/mol. The zero-order valence-corrected chi connectivity index (χ0v) is 9.95. The first-order valence-electron chi connectivity index (χ1n) is 5.07. The molecule has 110 valence electrons. The third-order valence-corrected chi connectivity index (χ3v) is 2.34. The van der Waals surface area contributed by atoms with Gasteiger partial charge in [0, 0.05) is 6.42 Å². The zero-order chi connectivity index (χ0) is 15.4.